The van der Waals surface area contributed by atoms with Crippen LogP contribution in [0.4, 0.5) is 4.79 Å². The molecule has 0 aliphatic carbocycles. The van der Waals surface area contributed by atoms with Gasteiger partial charge in [0.1, 0.15) is 0 Å². The summed E-state index contributed by atoms with van der Waals surface area (Å²) in [5, 5.41) is 0. The van der Waals surface area contributed by atoms with E-state index in [1.165, 1.54) is 0 Å². The molecule has 3 rings (SSSR count). The van der Waals surface area contributed by atoms with Gasteiger partial charge in [0, 0.05) is 31.4 Å². The number of likely N-dealkylation sites (tertiary alicyclic amines) is 1. The van der Waals surface area contributed by atoms with E-state index < -0.39 is 12.0 Å². The van der Waals surface area contributed by atoms with Crippen LogP contribution in [0.2, 0.25) is 0 Å². The van der Waals surface area contributed by atoms with Crippen molar-refractivity contribution in [3.8, 4) is 11.3 Å². The quantitative estimate of drug-likeness (QED) is 0.898. The Morgan fingerprint density at radius 2 is 1.92 bits per heavy atom. The van der Waals surface area contributed by atoms with Crippen molar-refractivity contribution in [2.75, 3.05) is 19.7 Å². The van der Waals surface area contributed by atoms with Gasteiger partial charge in [0.2, 0.25) is 0 Å². The van der Waals surface area contributed by atoms with E-state index in [0.29, 0.717) is 19.0 Å². The normalized spacial score (nSPS) is 15.1. The summed E-state index contributed by atoms with van der Waals surface area (Å²) in [6.45, 7) is 1.77. The van der Waals surface area contributed by atoms with E-state index in [0.717, 1.165) is 30.6 Å². The number of nitrogens with two attached hydrogens (primary N) is 1. The summed E-state index contributed by atoms with van der Waals surface area (Å²) in [6.07, 6.45) is 5.24. The van der Waals surface area contributed by atoms with Gasteiger partial charge in [-0.2, -0.15) is 0 Å². The van der Waals surface area contributed by atoms with Gasteiger partial charge in [-0.05, 0) is 18.8 Å². The number of primary amides is 1. The fourth-order valence-electron chi connectivity index (χ4n) is 3.04. The first-order valence-electron chi connectivity index (χ1n) is 8.39. The van der Waals surface area contributed by atoms with Crippen LogP contribution in [0.1, 0.15) is 12.8 Å². The number of imidazole rings is 1. The summed E-state index contributed by atoms with van der Waals surface area (Å²) in [5.74, 6) is -0.157. The zero-order valence-electron chi connectivity index (χ0n) is 14.0. The molecule has 0 saturated carbocycles. The Balaban J connectivity index is 1.49. The Hall–Kier alpha value is -2.83. The van der Waals surface area contributed by atoms with Crippen LogP contribution in [0.15, 0.2) is 42.9 Å². The van der Waals surface area contributed by atoms with Crippen molar-refractivity contribution in [2.45, 2.75) is 19.4 Å². The van der Waals surface area contributed by atoms with Gasteiger partial charge in [-0.15, -0.1) is 0 Å². The molecule has 1 aliphatic heterocycles. The van der Waals surface area contributed by atoms with Crippen LogP contribution in [0.3, 0.4) is 0 Å². The van der Waals surface area contributed by atoms with E-state index in [9.17, 15) is 9.59 Å². The summed E-state index contributed by atoms with van der Waals surface area (Å²) < 4.78 is 6.95. The van der Waals surface area contributed by atoms with Gasteiger partial charge in [0.15, 0.2) is 6.61 Å². The van der Waals surface area contributed by atoms with E-state index >= 15 is 0 Å². The van der Waals surface area contributed by atoms with Gasteiger partial charge in [-0.1, -0.05) is 30.3 Å². The minimum atomic E-state index is -0.641. The van der Waals surface area contributed by atoms with Crippen LogP contribution >= 0.6 is 0 Å². The van der Waals surface area contributed by atoms with Gasteiger partial charge in [0.25, 0.3) is 5.91 Å². The molecule has 132 valence electrons. The van der Waals surface area contributed by atoms with Crippen molar-refractivity contribution >= 4 is 12.0 Å². The molecule has 2 amide bonds. The Kier molecular flexibility index (Phi) is 5.33. The van der Waals surface area contributed by atoms with Crippen molar-refractivity contribution < 1.29 is 14.3 Å². The average molecular weight is 342 g/mol. The van der Waals surface area contributed by atoms with Crippen LogP contribution in [0, 0.1) is 5.92 Å². The van der Waals surface area contributed by atoms with E-state index in [-0.39, 0.29) is 6.61 Å². The van der Waals surface area contributed by atoms with Gasteiger partial charge >= 0.3 is 6.09 Å². The molecule has 1 aromatic heterocycles. The van der Waals surface area contributed by atoms with Gasteiger partial charge in [-0.3, -0.25) is 4.79 Å². The van der Waals surface area contributed by atoms with Crippen molar-refractivity contribution in [1.29, 1.82) is 0 Å². The summed E-state index contributed by atoms with van der Waals surface area (Å²) in [5.41, 5.74) is 7.05. The number of hydrogen-bond acceptors (Lipinski definition) is 4. The highest BCUT2D eigenvalue weighted by Crippen LogP contribution is 2.21. The third-order valence-electron chi connectivity index (χ3n) is 4.38. The summed E-state index contributed by atoms with van der Waals surface area (Å²) >= 11 is 0. The number of ether oxygens (including phenoxy) is 1. The van der Waals surface area contributed by atoms with Crippen molar-refractivity contribution in [2.24, 2.45) is 11.7 Å². The lowest BCUT2D eigenvalue weighted by molar-refractivity contribution is -0.121. The lowest BCUT2D eigenvalue weighted by Gasteiger charge is -2.31. The fraction of sp³-hybridized carbons (Fsp3) is 0.389. The number of benzene rings is 1. The molecule has 7 heteroatoms. The molecule has 25 heavy (non-hydrogen) atoms. The maximum Gasteiger partial charge on any atom is 0.410 e. The molecule has 1 fully saturated rings. The van der Waals surface area contributed by atoms with Gasteiger partial charge < -0.3 is 19.9 Å². The molecular formula is C18H22N4O3. The smallest absolute Gasteiger partial charge is 0.410 e. The average Bonchev–Trinajstić information content (AvgIpc) is 3.09. The van der Waals surface area contributed by atoms with Crippen LogP contribution in [0.5, 0.6) is 0 Å². The molecule has 0 spiro atoms. The van der Waals surface area contributed by atoms with Crippen LogP contribution < -0.4 is 5.73 Å². The highest BCUT2D eigenvalue weighted by atomic mass is 16.6. The first kappa shape index (κ1) is 17.0. The van der Waals surface area contributed by atoms with E-state index in [1.54, 1.807) is 4.90 Å². The number of aromatic nitrogens is 2. The molecule has 2 N–H and O–H groups in total. The second kappa shape index (κ2) is 7.83. The molecule has 7 nitrogen and oxygen atoms in total. The molecule has 1 aliphatic rings. The predicted molar refractivity (Wildman–Crippen MR) is 92.5 cm³/mol. The molecule has 1 saturated heterocycles. The lowest BCUT2D eigenvalue weighted by Crippen LogP contribution is -2.40. The zero-order chi connectivity index (χ0) is 17.6. The first-order chi connectivity index (χ1) is 12.1. The highest BCUT2D eigenvalue weighted by Gasteiger charge is 2.24. The van der Waals surface area contributed by atoms with E-state index in [1.807, 2.05) is 36.7 Å². The number of nitrogens with zero attached hydrogens (tertiary/aromatic N) is 3. The molecule has 2 aromatic rings. The zero-order valence-corrected chi connectivity index (χ0v) is 14.0. The largest absolute Gasteiger partial charge is 0.439 e. The maximum atomic E-state index is 11.8. The van der Waals surface area contributed by atoms with Gasteiger partial charge in [0.05, 0.1) is 12.0 Å². The minimum absolute atomic E-state index is 0.365. The second-order valence-corrected chi connectivity index (χ2v) is 6.27. The van der Waals surface area contributed by atoms with Crippen LogP contribution in [0.25, 0.3) is 11.3 Å². The van der Waals surface area contributed by atoms with Crippen LogP contribution in [-0.2, 0) is 16.1 Å². The number of amides is 2. The molecule has 0 bridgehead atoms. The number of hydrogen-bond donors (Lipinski definition) is 1. The predicted octanol–water partition coefficient (Wildman–Crippen LogP) is 1.88. The first-order valence-corrected chi connectivity index (χ1v) is 8.39. The van der Waals surface area contributed by atoms with E-state index in [2.05, 4.69) is 15.7 Å². The third-order valence-corrected chi connectivity index (χ3v) is 4.38. The van der Waals surface area contributed by atoms with Crippen molar-refractivity contribution in [1.82, 2.24) is 14.5 Å². The van der Waals surface area contributed by atoms with Gasteiger partial charge in [-0.25, -0.2) is 9.78 Å². The Morgan fingerprint density at radius 3 is 2.60 bits per heavy atom. The summed E-state index contributed by atoms with van der Waals surface area (Å²) in [6, 6.07) is 10.1. The topological polar surface area (TPSA) is 90.5 Å². The summed E-state index contributed by atoms with van der Waals surface area (Å²) in [4.78, 5) is 28.6. The number of carbonyl (C=O) groups is 2. The SMILES string of the molecule is NC(=O)COC(=O)N1CCC(Cn2cnc(-c3ccccc3)c2)CC1. The van der Waals surface area contributed by atoms with Crippen LogP contribution in [-0.4, -0.2) is 46.1 Å². The Morgan fingerprint density at radius 1 is 1.20 bits per heavy atom. The Labute approximate surface area is 146 Å². The number of rotatable bonds is 5. The second-order valence-electron chi connectivity index (χ2n) is 6.27. The monoisotopic (exact) mass is 342 g/mol. The highest BCUT2D eigenvalue weighted by molar-refractivity contribution is 5.78. The third kappa shape index (κ3) is 4.59. The molecule has 0 atom stereocenters. The summed E-state index contributed by atoms with van der Waals surface area (Å²) in [7, 11) is 0. The maximum absolute atomic E-state index is 11.8. The van der Waals surface area contributed by atoms with Crippen molar-refractivity contribution in [3.05, 3.63) is 42.9 Å². The minimum Gasteiger partial charge on any atom is -0.439 e. The molecule has 1 aromatic carbocycles. The molecule has 0 radical (unpaired) electrons. The van der Waals surface area contributed by atoms with E-state index in [4.69, 9.17) is 10.5 Å². The molecular weight excluding hydrogens is 320 g/mol. The fourth-order valence-corrected chi connectivity index (χ4v) is 3.04. The molecule has 2 heterocycles. The number of carbonyl (C=O) groups excluding carboxylic acids is 2. The Bertz CT molecular complexity index is 721. The molecule has 0 unspecified atom stereocenters. The number of piperidine rings is 1. The van der Waals surface area contributed by atoms with Crippen molar-refractivity contribution in [3.63, 3.8) is 0 Å². The lowest BCUT2D eigenvalue weighted by atomic mass is 9.97. The standard InChI is InChI=1S/C18H22N4O3/c19-17(23)12-25-18(24)22-8-6-14(7-9-22)10-21-11-16(20-13-21)15-4-2-1-3-5-15/h1-5,11,13-14H,6-10,12H2,(H2,19,23).